The molecule has 25 heavy (non-hydrogen) atoms. The van der Waals surface area contributed by atoms with E-state index in [1.54, 1.807) is 11.3 Å². The van der Waals surface area contributed by atoms with Gasteiger partial charge in [0.1, 0.15) is 5.01 Å². The molecule has 122 valence electrons. The molecule has 0 spiro atoms. The number of carbonyl (C=O) groups is 1. The summed E-state index contributed by atoms with van der Waals surface area (Å²) in [7, 11) is 0. The Hall–Kier alpha value is -2.76. The predicted molar refractivity (Wildman–Crippen MR) is 105 cm³/mol. The molecule has 2 heterocycles. The van der Waals surface area contributed by atoms with Crippen LogP contribution in [0.3, 0.4) is 0 Å². The first kappa shape index (κ1) is 15.7. The van der Waals surface area contributed by atoms with Crippen molar-refractivity contribution in [2.24, 2.45) is 0 Å². The van der Waals surface area contributed by atoms with Gasteiger partial charge in [-0.05, 0) is 23.6 Å². The fraction of sp³-hybridized carbons (Fsp3) is 0. The molecule has 0 aliphatic rings. The molecule has 5 heteroatoms. The molecule has 1 amide bonds. The number of aromatic nitrogens is 1. The van der Waals surface area contributed by atoms with Crippen molar-refractivity contribution in [1.82, 2.24) is 4.98 Å². The van der Waals surface area contributed by atoms with Gasteiger partial charge in [-0.15, -0.1) is 11.3 Å². The van der Waals surface area contributed by atoms with Gasteiger partial charge in [-0.1, -0.05) is 42.5 Å². The number of nitrogens with one attached hydrogen (secondary N) is 1. The maximum atomic E-state index is 12.1. The molecule has 0 radical (unpaired) electrons. The Morgan fingerprint density at radius 2 is 1.68 bits per heavy atom. The van der Waals surface area contributed by atoms with Gasteiger partial charge in [-0.25, -0.2) is 4.98 Å². The van der Waals surface area contributed by atoms with Crippen LogP contribution in [0.2, 0.25) is 0 Å². The van der Waals surface area contributed by atoms with Crippen LogP contribution in [-0.2, 0) is 0 Å². The van der Waals surface area contributed by atoms with Crippen LogP contribution in [0, 0.1) is 0 Å². The van der Waals surface area contributed by atoms with Crippen LogP contribution in [0.15, 0.2) is 76.8 Å². The van der Waals surface area contributed by atoms with E-state index < -0.39 is 0 Å². The van der Waals surface area contributed by atoms with Crippen molar-refractivity contribution < 1.29 is 4.79 Å². The second kappa shape index (κ2) is 7.01. The van der Waals surface area contributed by atoms with E-state index in [9.17, 15) is 4.79 Å². The van der Waals surface area contributed by atoms with E-state index in [0.717, 1.165) is 27.5 Å². The number of hydrogen-bond acceptors (Lipinski definition) is 4. The normalized spacial score (nSPS) is 10.6. The minimum Gasteiger partial charge on any atom is -0.322 e. The molecule has 1 N–H and O–H groups in total. The zero-order valence-corrected chi connectivity index (χ0v) is 14.8. The van der Waals surface area contributed by atoms with Crippen LogP contribution in [0.25, 0.3) is 21.8 Å². The summed E-state index contributed by atoms with van der Waals surface area (Å²) >= 11 is 3.14. The van der Waals surface area contributed by atoms with Crippen molar-refractivity contribution >= 4 is 34.3 Å². The summed E-state index contributed by atoms with van der Waals surface area (Å²) in [6.07, 6.45) is 0. The van der Waals surface area contributed by atoms with Crippen molar-refractivity contribution in [3.63, 3.8) is 0 Å². The summed E-state index contributed by atoms with van der Waals surface area (Å²) in [5.74, 6) is -0.0889. The average Bonchev–Trinajstić information content (AvgIpc) is 3.35. The highest BCUT2D eigenvalue weighted by molar-refractivity contribution is 7.13. The number of thiazole rings is 1. The molecule has 0 aliphatic heterocycles. The smallest absolute Gasteiger partial charge is 0.256 e. The van der Waals surface area contributed by atoms with Gasteiger partial charge in [0.2, 0.25) is 0 Å². The zero-order valence-electron chi connectivity index (χ0n) is 13.2. The molecule has 0 saturated heterocycles. The van der Waals surface area contributed by atoms with Gasteiger partial charge in [0.25, 0.3) is 5.91 Å². The summed E-state index contributed by atoms with van der Waals surface area (Å²) < 4.78 is 0. The Labute approximate surface area is 153 Å². The molecule has 0 saturated carbocycles. The Balaban J connectivity index is 1.51. The lowest BCUT2D eigenvalue weighted by molar-refractivity contribution is 0.102. The van der Waals surface area contributed by atoms with Crippen LogP contribution in [0.4, 0.5) is 5.69 Å². The molecule has 4 aromatic rings. The third kappa shape index (κ3) is 3.52. The average molecular weight is 362 g/mol. The Kier molecular flexibility index (Phi) is 4.41. The van der Waals surface area contributed by atoms with E-state index in [4.69, 9.17) is 4.98 Å². The number of benzene rings is 2. The summed E-state index contributed by atoms with van der Waals surface area (Å²) in [6.45, 7) is 0. The van der Waals surface area contributed by atoms with Crippen LogP contribution in [0.5, 0.6) is 0 Å². The fourth-order valence-corrected chi connectivity index (χ4v) is 3.91. The highest BCUT2D eigenvalue weighted by Gasteiger charge is 2.08. The third-order valence-corrected chi connectivity index (χ3v) is 5.32. The van der Waals surface area contributed by atoms with Crippen molar-refractivity contribution in [2.75, 3.05) is 5.32 Å². The van der Waals surface area contributed by atoms with E-state index in [-0.39, 0.29) is 5.91 Å². The van der Waals surface area contributed by atoms with Gasteiger partial charge in [-0.3, -0.25) is 4.79 Å². The topological polar surface area (TPSA) is 42.0 Å². The maximum absolute atomic E-state index is 12.1. The number of carbonyl (C=O) groups excluding carboxylic acids is 1. The van der Waals surface area contributed by atoms with Gasteiger partial charge < -0.3 is 5.32 Å². The van der Waals surface area contributed by atoms with Gasteiger partial charge in [-0.2, -0.15) is 11.3 Å². The lowest BCUT2D eigenvalue weighted by atomic mass is 10.1. The number of thiophene rings is 1. The maximum Gasteiger partial charge on any atom is 0.256 e. The van der Waals surface area contributed by atoms with Crippen molar-refractivity contribution in [3.05, 3.63) is 82.4 Å². The summed E-state index contributed by atoms with van der Waals surface area (Å²) in [4.78, 5) is 16.8. The minimum absolute atomic E-state index is 0.0889. The number of rotatable bonds is 4. The Morgan fingerprint density at radius 1 is 0.880 bits per heavy atom. The summed E-state index contributed by atoms with van der Waals surface area (Å²) in [5.41, 5.74) is 4.56. The SMILES string of the molecule is O=C(Nc1ccc(-c2csc(-c3ccccc3)n2)cc1)c1ccsc1. The van der Waals surface area contributed by atoms with Gasteiger partial charge in [0.15, 0.2) is 0 Å². The van der Waals surface area contributed by atoms with Crippen molar-refractivity contribution in [1.29, 1.82) is 0 Å². The standard InChI is InChI=1S/C20H14N2OS2/c23-19(16-10-11-24-12-16)21-17-8-6-14(7-9-17)18-13-25-20(22-18)15-4-2-1-3-5-15/h1-13H,(H,21,23). The van der Waals surface area contributed by atoms with E-state index in [1.807, 2.05) is 59.3 Å². The zero-order chi connectivity index (χ0) is 17.1. The number of hydrogen-bond donors (Lipinski definition) is 1. The molecule has 3 nitrogen and oxygen atoms in total. The van der Waals surface area contributed by atoms with Crippen molar-refractivity contribution in [3.8, 4) is 21.8 Å². The van der Waals surface area contributed by atoms with Gasteiger partial charge in [0.05, 0.1) is 11.3 Å². The minimum atomic E-state index is -0.0889. The second-order valence-electron chi connectivity index (χ2n) is 5.45. The van der Waals surface area contributed by atoms with E-state index in [2.05, 4.69) is 22.8 Å². The lowest BCUT2D eigenvalue weighted by Crippen LogP contribution is -2.10. The monoisotopic (exact) mass is 362 g/mol. The highest BCUT2D eigenvalue weighted by atomic mass is 32.1. The van der Waals surface area contributed by atoms with Gasteiger partial charge >= 0.3 is 0 Å². The first-order valence-corrected chi connectivity index (χ1v) is 9.57. The largest absolute Gasteiger partial charge is 0.322 e. The number of nitrogens with zero attached hydrogens (tertiary/aromatic N) is 1. The van der Waals surface area contributed by atoms with Crippen LogP contribution >= 0.6 is 22.7 Å². The van der Waals surface area contributed by atoms with Crippen molar-refractivity contribution in [2.45, 2.75) is 0 Å². The molecule has 0 aliphatic carbocycles. The Bertz CT molecular complexity index is 974. The van der Waals surface area contributed by atoms with Crippen LogP contribution < -0.4 is 5.32 Å². The quantitative estimate of drug-likeness (QED) is 0.499. The van der Waals surface area contributed by atoms with E-state index in [1.165, 1.54) is 11.3 Å². The van der Waals surface area contributed by atoms with E-state index in [0.29, 0.717) is 5.56 Å². The third-order valence-electron chi connectivity index (χ3n) is 3.75. The molecular formula is C20H14N2OS2. The predicted octanol–water partition coefficient (Wildman–Crippen LogP) is 5.79. The first-order chi connectivity index (χ1) is 12.3. The summed E-state index contributed by atoms with van der Waals surface area (Å²) in [6, 6.07) is 19.7. The number of amides is 1. The summed E-state index contributed by atoms with van der Waals surface area (Å²) in [5, 5.41) is 9.70. The van der Waals surface area contributed by atoms with Crippen LogP contribution in [0.1, 0.15) is 10.4 Å². The van der Waals surface area contributed by atoms with Crippen LogP contribution in [-0.4, -0.2) is 10.9 Å². The molecule has 2 aromatic heterocycles. The molecule has 2 aromatic carbocycles. The molecule has 0 atom stereocenters. The van der Waals surface area contributed by atoms with Gasteiger partial charge in [0, 0.05) is 27.6 Å². The number of anilines is 1. The molecular weight excluding hydrogens is 348 g/mol. The lowest BCUT2D eigenvalue weighted by Gasteiger charge is -2.04. The molecule has 0 unspecified atom stereocenters. The fourth-order valence-electron chi connectivity index (χ4n) is 2.44. The highest BCUT2D eigenvalue weighted by Crippen LogP contribution is 2.29. The van der Waals surface area contributed by atoms with E-state index >= 15 is 0 Å². The molecule has 4 rings (SSSR count). The first-order valence-electron chi connectivity index (χ1n) is 7.74. The molecule has 0 fully saturated rings. The Morgan fingerprint density at radius 3 is 2.40 bits per heavy atom. The second-order valence-corrected chi connectivity index (χ2v) is 7.09. The molecule has 0 bridgehead atoms.